The van der Waals surface area contributed by atoms with Crippen LogP contribution < -0.4 is 0 Å². The number of hydrogen-bond acceptors (Lipinski definition) is 2. The van der Waals surface area contributed by atoms with Crippen molar-refractivity contribution in [2.24, 2.45) is 11.8 Å². The number of hydrogen-bond donors (Lipinski definition) is 2. The predicted molar refractivity (Wildman–Crippen MR) is 66.0 cm³/mol. The second-order valence-corrected chi connectivity index (χ2v) is 4.66. The van der Waals surface area contributed by atoms with Crippen molar-refractivity contribution in [3.8, 4) is 0 Å². The van der Waals surface area contributed by atoms with Gasteiger partial charge in [0.15, 0.2) is 0 Å². The van der Waals surface area contributed by atoms with E-state index < -0.39 is 12.2 Å². The number of benzene rings is 1. The first-order chi connectivity index (χ1) is 7.57. The minimum atomic E-state index is -0.580. The maximum atomic E-state index is 10.2. The van der Waals surface area contributed by atoms with E-state index in [9.17, 15) is 10.2 Å². The van der Waals surface area contributed by atoms with Gasteiger partial charge in [0.25, 0.3) is 0 Å². The maximum Gasteiger partial charge on any atom is 0.0842 e. The van der Waals surface area contributed by atoms with Crippen molar-refractivity contribution in [1.82, 2.24) is 0 Å². The molecule has 3 atom stereocenters. The van der Waals surface area contributed by atoms with E-state index in [0.29, 0.717) is 0 Å². The van der Waals surface area contributed by atoms with Crippen molar-refractivity contribution in [3.63, 3.8) is 0 Å². The molecular formula is C14H22O2. The summed E-state index contributed by atoms with van der Waals surface area (Å²) in [4.78, 5) is 0. The van der Waals surface area contributed by atoms with Crippen molar-refractivity contribution >= 4 is 0 Å². The second-order valence-electron chi connectivity index (χ2n) is 4.66. The van der Waals surface area contributed by atoms with Gasteiger partial charge in [-0.15, -0.1) is 0 Å². The lowest BCUT2D eigenvalue weighted by atomic mass is 9.84. The molecule has 0 aromatic heterocycles. The average molecular weight is 222 g/mol. The SMILES string of the molecule is CC[C@@H]([C@H](O)c1ccccc1)[C@H](O)C(C)C. The minimum Gasteiger partial charge on any atom is -0.392 e. The average Bonchev–Trinajstić information content (AvgIpc) is 2.30. The van der Waals surface area contributed by atoms with Gasteiger partial charge in [-0.2, -0.15) is 0 Å². The van der Waals surface area contributed by atoms with Crippen LogP contribution in [0.4, 0.5) is 0 Å². The van der Waals surface area contributed by atoms with Crippen LogP contribution >= 0.6 is 0 Å². The molecule has 0 aliphatic heterocycles. The molecule has 0 saturated carbocycles. The summed E-state index contributed by atoms with van der Waals surface area (Å²) in [5, 5.41) is 20.3. The number of rotatable bonds is 5. The Bertz CT molecular complexity index is 295. The van der Waals surface area contributed by atoms with Crippen LogP contribution in [0.3, 0.4) is 0 Å². The van der Waals surface area contributed by atoms with Gasteiger partial charge in [-0.1, -0.05) is 51.1 Å². The molecule has 16 heavy (non-hydrogen) atoms. The molecule has 2 nitrogen and oxygen atoms in total. The van der Waals surface area contributed by atoms with Crippen LogP contribution in [0.2, 0.25) is 0 Å². The van der Waals surface area contributed by atoms with E-state index in [1.807, 2.05) is 51.1 Å². The zero-order chi connectivity index (χ0) is 12.1. The lowest BCUT2D eigenvalue weighted by Crippen LogP contribution is -2.30. The Morgan fingerprint density at radius 2 is 1.62 bits per heavy atom. The molecule has 0 bridgehead atoms. The van der Waals surface area contributed by atoms with Crippen molar-refractivity contribution < 1.29 is 10.2 Å². The van der Waals surface area contributed by atoms with Gasteiger partial charge < -0.3 is 10.2 Å². The Hall–Kier alpha value is -0.860. The summed E-state index contributed by atoms with van der Waals surface area (Å²) >= 11 is 0. The van der Waals surface area contributed by atoms with E-state index in [0.717, 1.165) is 12.0 Å². The third kappa shape index (κ3) is 3.06. The molecule has 0 aliphatic rings. The van der Waals surface area contributed by atoms with Crippen LogP contribution in [0.15, 0.2) is 30.3 Å². The van der Waals surface area contributed by atoms with Gasteiger partial charge in [-0.3, -0.25) is 0 Å². The molecule has 0 radical (unpaired) electrons. The van der Waals surface area contributed by atoms with Gasteiger partial charge in [0.2, 0.25) is 0 Å². The fourth-order valence-electron chi connectivity index (χ4n) is 2.04. The monoisotopic (exact) mass is 222 g/mol. The molecular weight excluding hydrogens is 200 g/mol. The van der Waals surface area contributed by atoms with E-state index in [2.05, 4.69) is 0 Å². The van der Waals surface area contributed by atoms with Gasteiger partial charge in [-0.25, -0.2) is 0 Å². The fraction of sp³-hybridized carbons (Fsp3) is 0.571. The highest BCUT2D eigenvalue weighted by Crippen LogP contribution is 2.30. The number of aliphatic hydroxyl groups excluding tert-OH is 2. The molecule has 90 valence electrons. The van der Waals surface area contributed by atoms with E-state index in [1.165, 1.54) is 0 Å². The third-order valence-electron chi connectivity index (χ3n) is 3.14. The van der Waals surface area contributed by atoms with Gasteiger partial charge in [0, 0.05) is 5.92 Å². The minimum absolute atomic E-state index is 0.0950. The van der Waals surface area contributed by atoms with E-state index >= 15 is 0 Å². The van der Waals surface area contributed by atoms with Crippen LogP contribution in [-0.2, 0) is 0 Å². The highest BCUT2D eigenvalue weighted by molar-refractivity contribution is 5.18. The molecule has 0 unspecified atom stereocenters. The molecule has 0 saturated heterocycles. The van der Waals surface area contributed by atoms with Gasteiger partial charge >= 0.3 is 0 Å². The van der Waals surface area contributed by atoms with Crippen molar-refractivity contribution in [3.05, 3.63) is 35.9 Å². The molecule has 0 heterocycles. The highest BCUT2D eigenvalue weighted by atomic mass is 16.3. The van der Waals surface area contributed by atoms with Gasteiger partial charge in [0.05, 0.1) is 12.2 Å². The molecule has 0 amide bonds. The van der Waals surface area contributed by atoms with Crippen LogP contribution in [0.25, 0.3) is 0 Å². The zero-order valence-corrected chi connectivity index (χ0v) is 10.3. The number of aliphatic hydroxyl groups is 2. The first-order valence-corrected chi connectivity index (χ1v) is 5.99. The molecule has 0 aliphatic carbocycles. The van der Waals surface area contributed by atoms with Gasteiger partial charge in [-0.05, 0) is 17.9 Å². The Labute approximate surface area is 97.9 Å². The molecule has 1 aromatic rings. The van der Waals surface area contributed by atoms with Crippen LogP contribution in [-0.4, -0.2) is 16.3 Å². The van der Waals surface area contributed by atoms with Crippen LogP contribution in [0.1, 0.15) is 38.9 Å². The first kappa shape index (κ1) is 13.2. The normalized spacial score (nSPS) is 17.1. The van der Waals surface area contributed by atoms with E-state index in [4.69, 9.17) is 0 Å². The molecule has 1 rings (SSSR count). The molecule has 2 N–H and O–H groups in total. The Morgan fingerprint density at radius 1 is 1.06 bits per heavy atom. The standard InChI is InChI=1S/C14H22O2/c1-4-12(13(15)10(2)3)14(16)11-8-6-5-7-9-11/h5-10,12-16H,4H2,1-3H3/t12-,13-,14-/m1/s1. The van der Waals surface area contributed by atoms with E-state index in [-0.39, 0.29) is 11.8 Å². The largest absolute Gasteiger partial charge is 0.392 e. The summed E-state index contributed by atoms with van der Waals surface area (Å²) in [6.45, 7) is 5.96. The van der Waals surface area contributed by atoms with Gasteiger partial charge in [0.1, 0.15) is 0 Å². The topological polar surface area (TPSA) is 40.5 Å². The predicted octanol–water partition coefficient (Wildman–Crippen LogP) is 2.76. The quantitative estimate of drug-likeness (QED) is 0.804. The summed E-state index contributed by atoms with van der Waals surface area (Å²) in [5.41, 5.74) is 0.883. The molecule has 0 spiro atoms. The zero-order valence-electron chi connectivity index (χ0n) is 10.3. The Morgan fingerprint density at radius 3 is 2.06 bits per heavy atom. The fourth-order valence-corrected chi connectivity index (χ4v) is 2.04. The summed E-state index contributed by atoms with van der Waals surface area (Å²) in [7, 11) is 0. The molecule has 0 fully saturated rings. The van der Waals surface area contributed by atoms with Crippen LogP contribution in [0, 0.1) is 11.8 Å². The third-order valence-corrected chi connectivity index (χ3v) is 3.14. The van der Waals surface area contributed by atoms with Crippen molar-refractivity contribution in [2.75, 3.05) is 0 Å². The van der Waals surface area contributed by atoms with E-state index in [1.54, 1.807) is 0 Å². The summed E-state index contributed by atoms with van der Waals surface area (Å²) in [6.07, 6.45) is -0.265. The lowest BCUT2D eigenvalue weighted by Gasteiger charge is -2.29. The van der Waals surface area contributed by atoms with Crippen molar-refractivity contribution in [1.29, 1.82) is 0 Å². The highest BCUT2D eigenvalue weighted by Gasteiger charge is 2.28. The molecule has 1 aromatic carbocycles. The lowest BCUT2D eigenvalue weighted by molar-refractivity contribution is -0.0140. The Balaban J connectivity index is 2.81. The second kappa shape index (κ2) is 6.02. The Kier molecular flexibility index (Phi) is 4.97. The first-order valence-electron chi connectivity index (χ1n) is 5.99. The molecule has 2 heteroatoms. The van der Waals surface area contributed by atoms with Crippen LogP contribution in [0.5, 0.6) is 0 Å². The van der Waals surface area contributed by atoms with Crippen molar-refractivity contribution in [2.45, 2.75) is 39.4 Å². The summed E-state index contributed by atoms with van der Waals surface area (Å²) < 4.78 is 0. The summed E-state index contributed by atoms with van der Waals surface area (Å²) in [6, 6.07) is 9.55. The smallest absolute Gasteiger partial charge is 0.0842 e. The summed E-state index contributed by atoms with van der Waals surface area (Å²) in [5.74, 6) is 0.0747. The maximum absolute atomic E-state index is 10.2.